The Balaban J connectivity index is 1.78. The molecule has 3 heteroatoms. The van der Waals surface area contributed by atoms with Crippen molar-refractivity contribution in [1.82, 2.24) is 4.57 Å². The highest BCUT2D eigenvalue weighted by atomic mass is 28.3. The molecule has 0 aromatic heterocycles. The molecule has 2 aliphatic carbocycles. The quantitative estimate of drug-likeness (QED) is 0.622. The summed E-state index contributed by atoms with van der Waals surface area (Å²) in [6.45, 7) is 10.7. The molecule has 4 rings (SSSR count). The predicted octanol–water partition coefficient (Wildman–Crippen LogP) is 5.81. The maximum Gasteiger partial charge on any atom is 0.395 e. The van der Waals surface area contributed by atoms with E-state index in [0.29, 0.717) is 6.04 Å². The van der Waals surface area contributed by atoms with Gasteiger partial charge >= 0.3 is 8.84 Å². The predicted molar refractivity (Wildman–Crippen MR) is 119 cm³/mol. The monoisotopic (exact) mass is 385 g/mol. The van der Waals surface area contributed by atoms with Gasteiger partial charge in [-0.3, -0.25) is 0 Å². The lowest BCUT2D eigenvalue weighted by Gasteiger charge is -2.32. The van der Waals surface area contributed by atoms with E-state index in [1.165, 1.54) is 33.4 Å². The number of nitrogens with zero attached hydrogens (tertiary/aromatic N) is 1. The third kappa shape index (κ3) is 3.14. The minimum absolute atomic E-state index is 0.0872. The number of allylic oxidation sites excluding steroid dienone is 4. The average Bonchev–Trinajstić information content (AvgIpc) is 3.05. The van der Waals surface area contributed by atoms with E-state index >= 15 is 0 Å². The van der Waals surface area contributed by atoms with Crippen molar-refractivity contribution < 1.29 is 4.46 Å². The van der Waals surface area contributed by atoms with Crippen LogP contribution in [0.3, 0.4) is 0 Å². The summed E-state index contributed by atoms with van der Waals surface area (Å²) in [4.78, 5) is 0. The van der Waals surface area contributed by atoms with Crippen molar-refractivity contribution in [3.8, 4) is 0 Å². The van der Waals surface area contributed by atoms with E-state index in [4.69, 9.17) is 0 Å². The Morgan fingerprint density at radius 3 is 1.75 bits per heavy atom. The van der Waals surface area contributed by atoms with E-state index in [-0.39, 0.29) is 11.5 Å². The fraction of sp³-hybridized carbons (Fsp3) is 0.280. The van der Waals surface area contributed by atoms with Crippen molar-refractivity contribution in [2.24, 2.45) is 5.92 Å². The summed E-state index contributed by atoms with van der Waals surface area (Å²) in [5, 5.41) is 0. The third-order valence-corrected chi connectivity index (χ3v) is 8.17. The molecule has 2 aromatic carbocycles. The number of hydrogen-bond donors (Lipinski definition) is 0. The van der Waals surface area contributed by atoms with E-state index in [1.54, 1.807) is 0 Å². The fourth-order valence-electron chi connectivity index (χ4n) is 4.06. The second kappa shape index (κ2) is 6.82. The van der Waals surface area contributed by atoms with E-state index in [9.17, 15) is 4.46 Å². The molecular formula is C25H27NOSi. The van der Waals surface area contributed by atoms with Crippen LogP contribution in [0.15, 0.2) is 67.3 Å². The maximum absolute atomic E-state index is 13.0. The van der Waals surface area contributed by atoms with Crippen molar-refractivity contribution in [2.45, 2.75) is 32.4 Å². The molecule has 0 amide bonds. The van der Waals surface area contributed by atoms with Gasteiger partial charge in [0.05, 0.1) is 0 Å². The molecule has 2 aromatic rings. The first-order chi connectivity index (χ1) is 13.3. The Morgan fingerprint density at radius 1 is 0.893 bits per heavy atom. The van der Waals surface area contributed by atoms with Crippen LogP contribution in [0, 0.1) is 5.92 Å². The molecule has 0 fully saturated rings. The molecule has 2 aliphatic rings. The van der Waals surface area contributed by atoms with Crippen LogP contribution in [-0.4, -0.2) is 26.0 Å². The molecule has 0 N–H and O–H groups in total. The van der Waals surface area contributed by atoms with Gasteiger partial charge in [-0.25, -0.2) is 0 Å². The van der Waals surface area contributed by atoms with Gasteiger partial charge in [0.2, 0.25) is 0 Å². The summed E-state index contributed by atoms with van der Waals surface area (Å²) >= 11 is 0. The highest BCUT2D eigenvalue weighted by Crippen LogP contribution is 2.47. The molecule has 0 spiro atoms. The van der Waals surface area contributed by atoms with E-state index in [1.807, 2.05) is 11.6 Å². The normalized spacial score (nSPS) is 15.8. The molecule has 0 aliphatic heterocycles. The van der Waals surface area contributed by atoms with Crippen LogP contribution in [0.25, 0.3) is 16.7 Å². The molecule has 28 heavy (non-hydrogen) atoms. The summed E-state index contributed by atoms with van der Waals surface area (Å²) in [7, 11) is 0.129. The lowest BCUT2D eigenvalue weighted by molar-refractivity contribution is 0.272. The highest BCUT2D eigenvalue weighted by molar-refractivity contribution is 6.40. The lowest BCUT2D eigenvalue weighted by Crippen LogP contribution is -2.44. The van der Waals surface area contributed by atoms with Crippen molar-refractivity contribution >= 4 is 25.6 Å². The van der Waals surface area contributed by atoms with Crippen molar-refractivity contribution in [1.29, 1.82) is 0 Å². The van der Waals surface area contributed by atoms with Gasteiger partial charge < -0.3 is 9.03 Å². The number of rotatable bonds is 3. The van der Waals surface area contributed by atoms with Gasteiger partial charge in [-0.15, -0.1) is 0 Å². The summed E-state index contributed by atoms with van der Waals surface area (Å²) in [5.41, 5.74) is 8.30. The summed E-state index contributed by atoms with van der Waals surface area (Å²) in [5.74, 6) is 0.189. The molecule has 0 saturated carbocycles. The van der Waals surface area contributed by atoms with Crippen LogP contribution in [0.4, 0.5) is 0 Å². The van der Waals surface area contributed by atoms with Crippen molar-refractivity contribution in [3.63, 3.8) is 0 Å². The molecule has 0 radical (unpaired) electrons. The van der Waals surface area contributed by atoms with Gasteiger partial charge in [0.25, 0.3) is 0 Å². The Hall–Kier alpha value is -2.52. The first kappa shape index (κ1) is 18.8. The van der Waals surface area contributed by atoms with Crippen LogP contribution in [0.5, 0.6) is 0 Å². The summed E-state index contributed by atoms with van der Waals surface area (Å²) in [6.07, 6.45) is 4.62. The largest absolute Gasteiger partial charge is 0.395 e. The Kier molecular flexibility index (Phi) is 4.58. The fourth-order valence-corrected chi connectivity index (χ4v) is 5.72. The van der Waals surface area contributed by atoms with Crippen LogP contribution < -0.4 is 0 Å². The third-order valence-electron chi connectivity index (χ3n) is 5.93. The Bertz CT molecular complexity index is 973. The average molecular weight is 386 g/mol. The zero-order valence-corrected chi connectivity index (χ0v) is 18.1. The molecule has 0 heterocycles. The zero-order valence-electron chi connectivity index (χ0n) is 17.1. The second-order valence-electron chi connectivity index (χ2n) is 8.72. The minimum atomic E-state index is -1.85. The summed E-state index contributed by atoms with van der Waals surface area (Å²) in [6, 6.07) is 17.7. The molecule has 0 unspecified atom stereocenters. The second-order valence-corrected chi connectivity index (χ2v) is 10.6. The first-order valence-corrected chi connectivity index (χ1v) is 11.4. The van der Waals surface area contributed by atoms with Crippen LogP contribution in [-0.2, 0) is 4.46 Å². The van der Waals surface area contributed by atoms with Crippen molar-refractivity contribution in [3.05, 3.63) is 89.5 Å². The molecule has 0 bridgehead atoms. The molecule has 2 nitrogen and oxygen atoms in total. The van der Waals surface area contributed by atoms with Crippen LogP contribution in [0.2, 0.25) is 6.04 Å². The maximum atomic E-state index is 13.0. The number of benzene rings is 2. The van der Waals surface area contributed by atoms with E-state index in [2.05, 4.69) is 88.0 Å². The molecular weight excluding hydrogens is 358 g/mol. The standard InChI is InChI=1S/C25H27NOSi/c1-17-19-10-6-8-12-21(19)23-14-18(16-28(27)26(5)25(2,3)4)15-24(23)22-13-9-7-11-20(17)22/h6-15,18H,1,16H2,2-5H3. The topological polar surface area (TPSA) is 20.3 Å². The summed E-state index contributed by atoms with van der Waals surface area (Å²) < 4.78 is 15.0. The highest BCUT2D eigenvalue weighted by Gasteiger charge is 2.31. The minimum Gasteiger partial charge on any atom is -0.375 e. The smallest absolute Gasteiger partial charge is 0.375 e. The van der Waals surface area contributed by atoms with Crippen molar-refractivity contribution in [2.75, 3.05) is 7.05 Å². The lowest BCUT2D eigenvalue weighted by atomic mass is 9.94. The van der Waals surface area contributed by atoms with E-state index < -0.39 is 8.84 Å². The number of hydrogen-bond acceptors (Lipinski definition) is 1. The first-order valence-electron chi connectivity index (χ1n) is 9.86. The van der Waals surface area contributed by atoms with Gasteiger partial charge in [-0.05, 0) is 59.7 Å². The Labute approximate surface area is 169 Å². The van der Waals surface area contributed by atoms with Gasteiger partial charge in [0.15, 0.2) is 0 Å². The van der Waals surface area contributed by atoms with Gasteiger partial charge in [-0.1, -0.05) is 67.3 Å². The van der Waals surface area contributed by atoms with Gasteiger partial charge in [0.1, 0.15) is 0 Å². The molecule has 0 saturated heterocycles. The molecule has 0 atom stereocenters. The van der Waals surface area contributed by atoms with Crippen LogP contribution in [0.1, 0.15) is 43.0 Å². The SMILES string of the molecule is C=C1c2ccccc2C2=CC(C[Si](=O)N(C)C(C)(C)C)C=C2c2ccccc21. The van der Waals surface area contributed by atoms with E-state index in [0.717, 1.165) is 5.57 Å². The van der Waals surface area contributed by atoms with Gasteiger partial charge in [0, 0.05) is 24.5 Å². The van der Waals surface area contributed by atoms with Crippen LogP contribution >= 0.6 is 0 Å². The van der Waals surface area contributed by atoms with Gasteiger partial charge in [-0.2, -0.15) is 0 Å². The molecule has 142 valence electrons. The Morgan fingerprint density at radius 2 is 1.32 bits per heavy atom. The zero-order chi connectivity index (χ0) is 20.1. The number of fused-ring (bicyclic) bond motifs is 5.